The summed E-state index contributed by atoms with van der Waals surface area (Å²) in [6, 6.07) is 9.40. The van der Waals surface area contributed by atoms with E-state index in [1.165, 1.54) is 6.33 Å². The van der Waals surface area contributed by atoms with Crippen LogP contribution in [0, 0.1) is 6.92 Å². The van der Waals surface area contributed by atoms with Gasteiger partial charge in [0.1, 0.15) is 11.1 Å². The molecular weight excluding hydrogens is 282 g/mol. The summed E-state index contributed by atoms with van der Waals surface area (Å²) in [5.74, 6) is 0.0167. The normalized spacial score (nSPS) is 12.3. The second-order valence-electron chi connectivity index (χ2n) is 5.05. The molecule has 6 heteroatoms. The third-order valence-corrected chi connectivity index (χ3v) is 3.54. The van der Waals surface area contributed by atoms with Gasteiger partial charge in [-0.2, -0.15) is 0 Å². The van der Waals surface area contributed by atoms with Crippen molar-refractivity contribution in [3.8, 4) is 0 Å². The fourth-order valence-corrected chi connectivity index (χ4v) is 2.42. The third kappa shape index (κ3) is 2.39. The van der Waals surface area contributed by atoms with Crippen molar-refractivity contribution in [3.05, 3.63) is 63.9 Å². The molecule has 0 aliphatic carbocycles. The maximum atomic E-state index is 12.5. The lowest BCUT2D eigenvalue weighted by Gasteiger charge is -2.13. The zero-order chi connectivity index (χ0) is 15.7. The Hall–Kier alpha value is -2.89. The number of amides is 1. The van der Waals surface area contributed by atoms with Gasteiger partial charge in [0.05, 0.1) is 17.9 Å². The van der Waals surface area contributed by atoms with Crippen LogP contribution in [0.5, 0.6) is 0 Å². The van der Waals surface area contributed by atoms with E-state index >= 15 is 0 Å². The van der Waals surface area contributed by atoms with Crippen molar-refractivity contribution in [2.45, 2.75) is 19.9 Å². The minimum Gasteiger partial charge on any atom is -0.442 e. The summed E-state index contributed by atoms with van der Waals surface area (Å²) >= 11 is 0. The highest BCUT2D eigenvalue weighted by molar-refractivity contribution is 6.06. The van der Waals surface area contributed by atoms with Crippen LogP contribution < -0.4 is 10.9 Å². The zero-order valence-electron chi connectivity index (χ0n) is 12.2. The standard InChI is InChI=1S/C16H15N3O3/c1-9(11-6-4-3-5-7-11)19-15(21)12-10(2)22-16-13(12)14(20)17-8-18-16/h3-9H,1-2H3,(H,19,21)(H,17,18,20). The molecule has 0 saturated heterocycles. The number of furan rings is 1. The van der Waals surface area contributed by atoms with E-state index in [-0.39, 0.29) is 34.2 Å². The Morgan fingerprint density at radius 1 is 1.32 bits per heavy atom. The Morgan fingerprint density at radius 3 is 2.77 bits per heavy atom. The van der Waals surface area contributed by atoms with Gasteiger partial charge in [-0.15, -0.1) is 0 Å². The summed E-state index contributed by atoms with van der Waals surface area (Å²) in [6.45, 7) is 3.52. The van der Waals surface area contributed by atoms with Gasteiger partial charge in [-0.3, -0.25) is 9.59 Å². The van der Waals surface area contributed by atoms with Crippen LogP contribution in [-0.2, 0) is 0 Å². The number of nitrogens with zero attached hydrogens (tertiary/aromatic N) is 1. The second kappa shape index (κ2) is 5.48. The van der Waals surface area contributed by atoms with Crippen LogP contribution in [0.3, 0.4) is 0 Å². The first kappa shape index (κ1) is 14.1. The highest BCUT2D eigenvalue weighted by Crippen LogP contribution is 2.21. The lowest BCUT2D eigenvalue weighted by atomic mass is 10.1. The first-order chi connectivity index (χ1) is 10.6. The van der Waals surface area contributed by atoms with E-state index in [1.54, 1.807) is 6.92 Å². The number of carbonyl (C=O) groups excluding carboxylic acids is 1. The maximum Gasteiger partial charge on any atom is 0.262 e. The van der Waals surface area contributed by atoms with E-state index < -0.39 is 0 Å². The minimum atomic E-state index is -0.389. The van der Waals surface area contributed by atoms with Crippen LogP contribution in [-0.4, -0.2) is 15.9 Å². The lowest BCUT2D eigenvalue weighted by molar-refractivity contribution is 0.0939. The van der Waals surface area contributed by atoms with Gasteiger partial charge in [0.15, 0.2) is 0 Å². The number of benzene rings is 1. The molecule has 0 fully saturated rings. The molecule has 22 heavy (non-hydrogen) atoms. The van der Waals surface area contributed by atoms with Crippen LogP contribution in [0.25, 0.3) is 11.1 Å². The smallest absolute Gasteiger partial charge is 0.262 e. The van der Waals surface area contributed by atoms with Gasteiger partial charge in [-0.05, 0) is 19.4 Å². The summed E-state index contributed by atoms with van der Waals surface area (Å²) < 4.78 is 5.40. The zero-order valence-corrected chi connectivity index (χ0v) is 12.2. The lowest BCUT2D eigenvalue weighted by Crippen LogP contribution is -2.27. The number of hydrogen-bond donors (Lipinski definition) is 2. The molecule has 2 heterocycles. The van der Waals surface area contributed by atoms with E-state index in [2.05, 4.69) is 15.3 Å². The fourth-order valence-electron chi connectivity index (χ4n) is 2.42. The molecule has 6 nitrogen and oxygen atoms in total. The van der Waals surface area contributed by atoms with E-state index in [4.69, 9.17) is 4.42 Å². The molecule has 0 aliphatic heterocycles. The molecule has 0 aliphatic rings. The average Bonchev–Trinajstić information content (AvgIpc) is 2.85. The molecule has 1 atom stereocenters. The first-order valence-corrected chi connectivity index (χ1v) is 6.90. The monoisotopic (exact) mass is 297 g/mol. The van der Waals surface area contributed by atoms with E-state index in [9.17, 15) is 9.59 Å². The number of aromatic nitrogens is 2. The number of H-pyrrole nitrogens is 1. The van der Waals surface area contributed by atoms with Crippen LogP contribution in [0.4, 0.5) is 0 Å². The largest absolute Gasteiger partial charge is 0.442 e. The molecule has 1 unspecified atom stereocenters. The topological polar surface area (TPSA) is 88.0 Å². The molecule has 0 saturated carbocycles. The molecule has 112 valence electrons. The van der Waals surface area contributed by atoms with Crippen LogP contribution in [0.1, 0.15) is 34.6 Å². The Kier molecular flexibility index (Phi) is 3.50. The average molecular weight is 297 g/mol. The number of nitrogens with one attached hydrogen (secondary N) is 2. The van der Waals surface area contributed by atoms with Crippen LogP contribution in [0.2, 0.25) is 0 Å². The molecule has 1 aromatic carbocycles. The number of aromatic amines is 1. The summed E-state index contributed by atoms with van der Waals surface area (Å²) in [5, 5.41) is 3.06. The first-order valence-electron chi connectivity index (χ1n) is 6.90. The van der Waals surface area contributed by atoms with Crippen LogP contribution in [0.15, 0.2) is 45.9 Å². The van der Waals surface area contributed by atoms with E-state index in [0.717, 1.165) is 5.56 Å². The van der Waals surface area contributed by atoms with Crippen molar-refractivity contribution in [2.24, 2.45) is 0 Å². The molecule has 2 aromatic heterocycles. The minimum absolute atomic E-state index is 0.166. The fraction of sp³-hybridized carbons (Fsp3) is 0.188. The van der Waals surface area contributed by atoms with Crippen molar-refractivity contribution in [1.29, 1.82) is 0 Å². The number of fused-ring (bicyclic) bond motifs is 1. The van der Waals surface area contributed by atoms with Gasteiger partial charge in [-0.1, -0.05) is 30.3 Å². The highest BCUT2D eigenvalue weighted by Gasteiger charge is 2.22. The SMILES string of the molecule is Cc1oc2nc[nH]c(=O)c2c1C(=O)NC(C)c1ccccc1. The number of aryl methyl sites for hydroxylation is 1. The molecule has 3 rings (SSSR count). The second-order valence-corrected chi connectivity index (χ2v) is 5.05. The predicted molar refractivity (Wildman–Crippen MR) is 81.7 cm³/mol. The molecular formula is C16H15N3O3. The highest BCUT2D eigenvalue weighted by atomic mass is 16.3. The van der Waals surface area contributed by atoms with Gasteiger partial charge in [-0.25, -0.2) is 4.98 Å². The van der Waals surface area contributed by atoms with Gasteiger partial charge in [0, 0.05) is 0 Å². The summed E-state index contributed by atoms with van der Waals surface area (Å²) in [6.07, 6.45) is 1.25. The van der Waals surface area contributed by atoms with Gasteiger partial charge < -0.3 is 14.7 Å². The Balaban J connectivity index is 1.96. The summed E-state index contributed by atoms with van der Waals surface area (Å²) in [4.78, 5) is 30.9. The Morgan fingerprint density at radius 2 is 2.05 bits per heavy atom. The van der Waals surface area contributed by atoms with E-state index in [1.807, 2.05) is 37.3 Å². The quantitative estimate of drug-likeness (QED) is 0.776. The molecule has 1 amide bonds. The van der Waals surface area contributed by atoms with Crippen molar-refractivity contribution < 1.29 is 9.21 Å². The molecule has 0 spiro atoms. The van der Waals surface area contributed by atoms with Gasteiger partial charge in [0.25, 0.3) is 11.5 Å². The van der Waals surface area contributed by atoms with Crippen molar-refractivity contribution >= 4 is 17.0 Å². The summed E-state index contributed by atoms with van der Waals surface area (Å²) in [5.41, 5.74) is 0.985. The van der Waals surface area contributed by atoms with Gasteiger partial charge in [0.2, 0.25) is 5.71 Å². The maximum absolute atomic E-state index is 12.5. The number of hydrogen-bond acceptors (Lipinski definition) is 4. The third-order valence-electron chi connectivity index (χ3n) is 3.54. The van der Waals surface area contributed by atoms with Crippen LogP contribution >= 0.6 is 0 Å². The van der Waals surface area contributed by atoms with E-state index in [0.29, 0.717) is 5.76 Å². The molecule has 2 N–H and O–H groups in total. The van der Waals surface area contributed by atoms with Crippen molar-refractivity contribution in [3.63, 3.8) is 0 Å². The van der Waals surface area contributed by atoms with Gasteiger partial charge >= 0.3 is 0 Å². The van der Waals surface area contributed by atoms with Crippen molar-refractivity contribution in [2.75, 3.05) is 0 Å². The Bertz CT molecular complexity index is 881. The molecule has 3 aromatic rings. The number of rotatable bonds is 3. The number of carbonyl (C=O) groups is 1. The van der Waals surface area contributed by atoms with Crippen molar-refractivity contribution in [1.82, 2.24) is 15.3 Å². The summed E-state index contributed by atoms with van der Waals surface area (Å²) in [7, 11) is 0. The molecule has 0 radical (unpaired) electrons. The Labute approximate surface area is 126 Å². The molecule has 0 bridgehead atoms. The predicted octanol–water partition coefficient (Wildman–Crippen LogP) is 2.32.